The molecular weight excluding hydrogens is 376 g/mol. The third kappa shape index (κ3) is 5.83. The fourth-order valence-corrected chi connectivity index (χ4v) is 5.91. The van der Waals surface area contributed by atoms with Crippen LogP contribution in [0.25, 0.3) is 0 Å². The Bertz CT molecular complexity index is 623. The van der Waals surface area contributed by atoms with Gasteiger partial charge >= 0.3 is 0 Å². The minimum atomic E-state index is -3.25. The summed E-state index contributed by atoms with van der Waals surface area (Å²) in [5.74, 6) is 2.69. The van der Waals surface area contributed by atoms with Gasteiger partial charge in [0, 0.05) is 39.3 Å². The van der Waals surface area contributed by atoms with Crippen LogP contribution in [-0.4, -0.2) is 81.3 Å². The van der Waals surface area contributed by atoms with E-state index in [4.69, 9.17) is 4.74 Å². The highest BCUT2D eigenvalue weighted by Gasteiger charge is 2.44. The minimum Gasteiger partial charge on any atom is -0.378 e. The predicted molar refractivity (Wildman–Crippen MR) is 113 cm³/mol. The molecule has 0 aromatic carbocycles. The normalized spacial score (nSPS) is 28.0. The molecule has 2 aliphatic carbocycles. The molecule has 0 aromatic heterocycles. The number of aliphatic imine (C=N–C) groups is 1. The molecular formula is C20H38N4O3S. The van der Waals surface area contributed by atoms with Crippen molar-refractivity contribution in [2.75, 3.05) is 45.6 Å². The third-order valence-corrected chi connectivity index (χ3v) is 8.18. The summed E-state index contributed by atoms with van der Waals surface area (Å²) >= 11 is 0. The van der Waals surface area contributed by atoms with Gasteiger partial charge in [0.1, 0.15) is 0 Å². The molecule has 3 fully saturated rings. The van der Waals surface area contributed by atoms with E-state index in [1.807, 2.05) is 20.9 Å². The van der Waals surface area contributed by atoms with E-state index in [0.29, 0.717) is 32.2 Å². The maximum absolute atomic E-state index is 12.5. The highest BCUT2D eigenvalue weighted by molar-refractivity contribution is 7.89. The molecule has 2 unspecified atom stereocenters. The summed E-state index contributed by atoms with van der Waals surface area (Å²) in [4.78, 5) is 6.67. The number of guanidine groups is 1. The van der Waals surface area contributed by atoms with E-state index in [1.165, 1.54) is 38.5 Å². The van der Waals surface area contributed by atoms with Crippen molar-refractivity contribution in [3.05, 3.63) is 0 Å². The first-order valence-electron chi connectivity index (χ1n) is 11.0. The van der Waals surface area contributed by atoms with Crippen LogP contribution in [0.15, 0.2) is 4.99 Å². The van der Waals surface area contributed by atoms with Crippen molar-refractivity contribution >= 4 is 16.0 Å². The maximum Gasteiger partial charge on any atom is 0.216 e. The lowest BCUT2D eigenvalue weighted by atomic mass is 9.85. The molecule has 28 heavy (non-hydrogen) atoms. The molecule has 2 saturated carbocycles. The molecule has 0 spiro atoms. The first-order valence-corrected chi connectivity index (χ1v) is 12.6. The molecule has 3 rings (SSSR count). The molecule has 3 aliphatic rings. The molecule has 1 heterocycles. The highest BCUT2D eigenvalue weighted by atomic mass is 32.2. The molecule has 0 bridgehead atoms. The van der Waals surface area contributed by atoms with Crippen molar-refractivity contribution in [2.24, 2.45) is 16.8 Å². The quantitative estimate of drug-likeness (QED) is 0.509. The molecule has 8 heteroatoms. The standard InChI is InChI=1S/C20H38N4O3S/c1-16(2)27-13-14-28(25,26)24-11-9-23(10-12-24)20(21-3)22-19-15-18(19)17-7-5-4-6-8-17/h16-19H,4-15H2,1-3H3,(H,21,22). The van der Waals surface area contributed by atoms with Crippen LogP contribution in [0.1, 0.15) is 52.4 Å². The van der Waals surface area contributed by atoms with Gasteiger partial charge in [0.2, 0.25) is 10.0 Å². The first-order chi connectivity index (χ1) is 13.4. The molecule has 0 amide bonds. The molecule has 1 aliphatic heterocycles. The molecule has 162 valence electrons. The summed E-state index contributed by atoms with van der Waals surface area (Å²) in [5.41, 5.74) is 0. The number of ether oxygens (including phenoxy) is 1. The Kier molecular flexibility index (Phi) is 7.61. The Hall–Kier alpha value is -0.860. The Morgan fingerprint density at radius 1 is 1.14 bits per heavy atom. The number of hydrogen-bond donors (Lipinski definition) is 1. The molecule has 1 saturated heterocycles. The first kappa shape index (κ1) is 21.8. The van der Waals surface area contributed by atoms with Gasteiger partial charge in [-0.05, 0) is 32.1 Å². The van der Waals surface area contributed by atoms with Gasteiger partial charge in [0.05, 0.1) is 18.5 Å². The van der Waals surface area contributed by atoms with Crippen LogP contribution >= 0.6 is 0 Å². The second-order valence-corrected chi connectivity index (χ2v) is 10.8. The fraction of sp³-hybridized carbons (Fsp3) is 0.950. The summed E-state index contributed by atoms with van der Waals surface area (Å²) in [6.45, 7) is 6.50. The average Bonchev–Trinajstić information content (AvgIpc) is 3.46. The zero-order valence-electron chi connectivity index (χ0n) is 17.8. The number of hydrogen-bond acceptors (Lipinski definition) is 4. The van der Waals surface area contributed by atoms with Gasteiger partial charge in [-0.2, -0.15) is 4.31 Å². The van der Waals surface area contributed by atoms with Crippen molar-refractivity contribution in [3.63, 3.8) is 0 Å². The summed E-state index contributed by atoms with van der Waals surface area (Å²) < 4.78 is 32.0. The Morgan fingerprint density at radius 3 is 2.43 bits per heavy atom. The Balaban J connectivity index is 1.43. The number of sulfonamides is 1. The van der Waals surface area contributed by atoms with Crippen LogP contribution < -0.4 is 5.32 Å². The average molecular weight is 415 g/mol. The van der Waals surface area contributed by atoms with Crippen molar-refractivity contribution in [2.45, 2.75) is 64.5 Å². The van der Waals surface area contributed by atoms with Crippen LogP contribution in [0.4, 0.5) is 0 Å². The topological polar surface area (TPSA) is 74.2 Å². The molecule has 0 radical (unpaired) electrons. The zero-order chi connectivity index (χ0) is 20.1. The van der Waals surface area contributed by atoms with Crippen LogP contribution in [-0.2, 0) is 14.8 Å². The van der Waals surface area contributed by atoms with Gasteiger partial charge < -0.3 is 15.0 Å². The lowest BCUT2D eigenvalue weighted by Gasteiger charge is -2.36. The smallest absolute Gasteiger partial charge is 0.216 e. The van der Waals surface area contributed by atoms with E-state index in [2.05, 4.69) is 15.2 Å². The van der Waals surface area contributed by atoms with Crippen LogP contribution in [0, 0.1) is 11.8 Å². The molecule has 1 N–H and O–H groups in total. The largest absolute Gasteiger partial charge is 0.378 e. The second kappa shape index (κ2) is 9.76. The van der Waals surface area contributed by atoms with Gasteiger partial charge in [-0.3, -0.25) is 4.99 Å². The summed E-state index contributed by atoms with van der Waals surface area (Å²) in [5, 5.41) is 3.65. The Labute approximate surface area is 170 Å². The van der Waals surface area contributed by atoms with Gasteiger partial charge in [-0.1, -0.05) is 32.1 Å². The van der Waals surface area contributed by atoms with Gasteiger partial charge in [-0.25, -0.2) is 8.42 Å². The number of rotatable bonds is 7. The van der Waals surface area contributed by atoms with E-state index in [0.717, 1.165) is 17.8 Å². The Morgan fingerprint density at radius 2 is 1.82 bits per heavy atom. The lowest BCUT2D eigenvalue weighted by Crippen LogP contribution is -2.54. The van der Waals surface area contributed by atoms with Crippen molar-refractivity contribution in [1.29, 1.82) is 0 Å². The maximum atomic E-state index is 12.5. The van der Waals surface area contributed by atoms with Gasteiger partial charge in [-0.15, -0.1) is 0 Å². The molecule has 7 nitrogen and oxygen atoms in total. The zero-order valence-corrected chi connectivity index (χ0v) is 18.6. The SMILES string of the molecule is CN=C(NC1CC1C1CCCCC1)N1CCN(S(=O)(=O)CCOC(C)C)CC1. The highest BCUT2D eigenvalue weighted by Crippen LogP contribution is 2.44. The second-order valence-electron chi connectivity index (χ2n) is 8.72. The van der Waals surface area contributed by atoms with Crippen LogP contribution in [0.5, 0.6) is 0 Å². The third-order valence-electron chi connectivity index (χ3n) is 6.35. The van der Waals surface area contributed by atoms with E-state index in [1.54, 1.807) is 4.31 Å². The molecule has 0 aromatic rings. The predicted octanol–water partition coefficient (Wildman–Crippen LogP) is 1.90. The van der Waals surface area contributed by atoms with Crippen molar-refractivity contribution in [1.82, 2.24) is 14.5 Å². The number of piperazine rings is 1. The van der Waals surface area contributed by atoms with Crippen molar-refractivity contribution < 1.29 is 13.2 Å². The summed E-state index contributed by atoms with van der Waals surface area (Å²) in [7, 11) is -1.42. The van der Waals surface area contributed by atoms with Crippen LogP contribution in [0.2, 0.25) is 0 Å². The van der Waals surface area contributed by atoms with E-state index < -0.39 is 10.0 Å². The summed E-state index contributed by atoms with van der Waals surface area (Å²) in [6.07, 6.45) is 8.27. The van der Waals surface area contributed by atoms with Crippen LogP contribution in [0.3, 0.4) is 0 Å². The monoisotopic (exact) mass is 414 g/mol. The van der Waals surface area contributed by atoms with Gasteiger partial charge in [0.15, 0.2) is 5.96 Å². The van der Waals surface area contributed by atoms with E-state index in [9.17, 15) is 8.42 Å². The van der Waals surface area contributed by atoms with E-state index >= 15 is 0 Å². The summed E-state index contributed by atoms with van der Waals surface area (Å²) in [6, 6.07) is 0.553. The molecule has 2 atom stereocenters. The minimum absolute atomic E-state index is 0.0568. The van der Waals surface area contributed by atoms with Crippen molar-refractivity contribution in [3.8, 4) is 0 Å². The number of nitrogens with one attached hydrogen (secondary N) is 1. The number of nitrogens with zero attached hydrogens (tertiary/aromatic N) is 3. The lowest BCUT2D eigenvalue weighted by molar-refractivity contribution is 0.0904. The van der Waals surface area contributed by atoms with Gasteiger partial charge in [0.25, 0.3) is 0 Å². The fourth-order valence-electron chi connectivity index (χ4n) is 4.62. The van der Waals surface area contributed by atoms with E-state index in [-0.39, 0.29) is 18.5 Å².